The number of hydrogen-bond acceptors (Lipinski definition) is 3. The van der Waals surface area contributed by atoms with E-state index in [4.69, 9.17) is 11.6 Å². The molecule has 1 aromatic rings. The molecule has 0 aliphatic heterocycles. The van der Waals surface area contributed by atoms with Gasteiger partial charge in [0.15, 0.2) is 0 Å². The van der Waals surface area contributed by atoms with E-state index in [1.165, 1.54) is 0 Å². The van der Waals surface area contributed by atoms with Gasteiger partial charge in [-0.3, -0.25) is 0 Å². The standard InChI is InChI=1S/C8H11ClN2S/c1-7(4-9)5-12-8-2-3-10-6-11-8/h2-3,6-7H,4-5H2,1H3. The van der Waals surface area contributed by atoms with E-state index < -0.39 is 0 Å². The average Bonchev–Trinajstić information content (AvgIpc) is 2.16. The smallest absolute Gasteiger partial charge is 0.116 e. The molecule has 1 heterocycles. The molecule has 0 bridgehead atoms. The Labute approximate surface area is 81.8 Å². The van der Waals surface area contributed by atoms with E-state index in [1.807, 2.05) is 6.07 Å². The molecule has 0 amide bonds. The largest absolute Gasteiger partial charge is 0.245 e. The van der Waals surface area contributed by atoms with Crippen LogP contribution in [0.5, 0.6) is 0 Å². The lowest BCUT2D eigenvalue weighted by Gasteiger charge is -2.04. The van der Waals surface area contributed by atoms with Crippen LogP contribution in [0, 0.1) is 5.92 Å². The van der Waals surface area contributed by atoms with Crippen molar-refractivity contribution in [1.29, 1.82) is 0 Å². The van der Waals surface area contributed by atoms with Gasteiger partial charge in [0.2, 0.25) is 0 Å². The third-order valence-corrected chi connectivity index (χ3v) is 3.13. The number of alkyl halides is 1. The summed E-state index contributed by atoms with van der Waals surface area (Å²) in [6.07, 6.45) is 3.31. The van der Waals surface area contributed by atoms with Crippen LogP contribution in [0.3, 0.4) is 0 Å². The minimum atomic E-state index is 0.534. The highest BCUT2D eigenvalue weighted by Crippen LogP contribution is 2.17. The molecular formula is C8H11ClN2S. The van der Waals surface area contributed by atoms with Crippen LogP contribution < -0.4 is 0 Å². The van der Waals surface area contributed by atoms with Crippen molar-refractivity contribution in [1.82, 2.24) is 9.97 Å². The van der Waals surface area contributed by atoms with Crippen molar-refractivity contribution >= 4 is 23.4 Å². The maximum Gasteiger partial charge on any atom is 0.116 e. The van der Waals surface area contributed by atoms with Gasteiger partial charge in [-0.05, 0) is 12.0 Å². The molecule has 12 heavy (non-hydrogen) atoms. The Bertz CT molecular complexity index is 218. The van der Waals surface area contributed by atoms with Crippen molar-refractivity contribution in [2.45, 2.75) is 11.9 Å². The molecule has 0 spiro atoms. The van der Waals surface area contributed by atoms with Crippen molar-refractivity contribution in [3.05, 3.63) is 18.6 Å². The van der Waals surface area contributed by atoms with Crippen LogP contribution in [0.25, 0.3) is 0 Å². The summed E-state index contributed by atoms with van der Waals surface area (Å²) in [4.78, 5) is 7.94. The van der Waals surface area contributed by atoms with Crippen molar-refractivity contribution in [2.75, 3.05) is 11.6 Å². The van der Waals surface area contributed by atoms with Crippen LogP contribution in [0.1, 0.15) is 6.92 Å². The minimum absolute atomic E-state index is 0.534. The Morgan fingerprint density at radius 1 is 1.67 bits per heavy atom. The first-order valence-electron chi connectivity index (χ1n) is 3.77. The second-order valence-electron chi connectivity index (χ2n) is 2.62. The normalized spacial score (nSPS) is 12.8. The van der Waals surface area contributed by atoms with Crippen molar-refractivity contribution in [3.8, 4) is 0 Å². The van der Waals surface area contributed by atoms with Crippen LogP contribution in [-0.4, -0.2) is 21.6 Å². The Hall–Kier alpha value is -0.280. The fraction of sp³-hybridized carbons (Fsp3) is 0.500. The number of aromatic nitrogens is 2. The number of rotatable bonds is 4. The highest BCUT2D eigenvalue weighted by atomic mass is 35.5. The molecule has 1 aromatic heterocycles. The van der Waals surface area contributed by atoms with Gasteiger partial charge in [-0.1, -0.05) is 6.92 Å². The summed E-state index contributed by atoms with van der Waals surface area (Å²) in [6.45, 7) is 2.13. The maximum absolute atomic E-state index is 5.67. The van der Waals surface area contributed by atoms with Crippen LogP contribution in [0.2, 0.25) is 0 Å². The number of halogens is 1. The molecule has 0 fully saturated rings. The van der Waals surface area contributed by atoms with Gasteiger partial charge in [-0.15, -0.1) is 23.4 Å². The van der Waals surface area contributed by atoms with E-state index in [-0.39, 0.29) is 0 Å². The highest BCUT2D eigenvalue weighted by molar-refractivity contribution is 7.99. The van der Waals surface area contributed by atoms with Crippen molar-refractivity contribution in [3.63, 3.8) is 0 Å². The zero-order valence-corrected chi connectivity index (χ0v) is 8.48. The Morgan fingerprint density at radius 2 is 2.50 bits per heavy atom. The third kappa shape index (κ3) is 3.41. The van der Waals surface area contributed by atoms with Crippen LogP contribution in [0.4, 0.5) is 0 Å². The predicted octanol–water partition coefficient (Wildman–Crippen LogP) is 2.44. The molecule has 1 rings (SSSR count). The molecule has 0 saturated heterocycles. The van der Waals surface area contributed by atoms with Gasteiger partial charge >= 0.3 is 0 Å². The van der Waals surface area contributed by atoms with Gasteiger partial charge in [0.1, 0.15) is 6.33 Å². The van der Waals surface area contributed by atoms with Crippen LogP contribution >= 0.6 is 23.4 Å². The second-order valence-corrected chi connectivity index (χ2v) is 3.97. The fourth-order valence-electron chi connectivity index (χ4n) is 0.636. The molecule has 66 valence electrons. The van der Waals surface area contributed by atoms with E-state index in [0.29, 0.717) is 11.8 Å². The molecule has 1 unspecified atom stereocenters. The highest BCUT2D eigenvalue weighted by Gasteiger charge is 2.01. The molecule has 2 nitrogen and oxygen atoms in total. The number of thioether (sulfide) groups is 1. The van der Waals surface area contributed by atoms with Crippen LogP contribution in [-0.2, 0) is 0 Å². The topological polar surface area (TPSA) is 25.8 Å². The molecule has 0 N–H and O–H groups in total. The summed E-state index contributed by atoms with van der Waals surface area (Å²) < 4.78 is 0. The third-order valence-electron chi connectivity index (χ3n) is 1.33. The second kappa shape index (κ2) is 5.38. The molecule has 1 atom stereocenters. The molecule has 0 saturated carbocycles. The van der Waals surface area contributed by atoms with E-state index in [0.717, 1.165) is 10.8 Å². The summed E-state index contributed by atoms with van der Waals surface area (Å²) in [7, 11) is 0. The number of hydrogen-bond donors (Lipinski definition) is 0. The predicted molar refractivity (Wildman–Crippen MR) is 52.6 cm³/mol. The molecule has 0 aliphatic carbocycles. The van der Waals surface area contributed by atoms with Gasteiger partial charge in [0, 0.05) is 17.8 Å². The fourth-order valence-corrected chi connectivity index (χ4v) is 1.73. The first kappa shape index (κ1) is 9.81. The van der Waals surface area contributed by atoms with E-state index in [2.05, 4.69) is 16.9 Å². The zero-order valence-electron chi connectivity index (χ0n) is 6.90. The summed E-state index contributed by atoms with van der Waals surface area (Å²) in [5, 5.41) is 1.02. The number of nitrogens with zero attached hydrogens (tertiary/aromatic N) is 2. The maximum atomic E-state index is 5.67. The molecule has 0 radical (unpaired) electrons. The Morgan fingerprint density at radius 3 is 3.08 bits per heavy atom. The summed E-state index contributed by atoms with van der Waals surface area (Å²) in [6, 6.07) is 1.91. The molecular weight excluding hydrogens is 192 g/mol. The molecule has 0 aliphatic rings. The van der Waals surface area contributed by atoms with Crippen molar-refractivity contribution < 1.29 is 0 Å². The van der Waals surface area contributed by atoms with Gasteiger partial charge in [-0.25, -0.2) is 9.97 Å². The zero-order chi connectivity index (χ0) is 8.81. The van der Waals surface area contributed by atoms with E-state index in [9.17, 15) is 0 Å². The summed E-state index contributed by atoms with van der Waals surface area (Å²) in [5.74, 6) is 2.25. The van der Waals surface area contributed by atoms with E-state index >= 15 is 0 Å². The van der Waals surface area contributed by atoms with E-state index in [1.54, 1.807) is 24.3 Å². The Balaban J connectivity index is 2.33. The first-order valence-corrected chi connectivity index (χ1v) is 5.29. The minimum Gasteiger partial charge on any atom is -0.245 e. The molecule has 4 heteroatoms. The first-order chi connectivity index (χ1) is 5.83. The SMILES string of the molecule is CC(CCl)CSc1ccncn1. The monoisotopic (exact) mass is 202 g/mol. The lowest BCUT2D eigenvalue weighted by molar-refractivity contribution is 0.758. The average molecular weight is 203 g/mol. The van der Waals surface area contributed by atoms with Gasteiger partial charge < -0.3 is 0 Å². The molecule has 0 aromatic carbocycles. The quantitative estimate of drug-likeness (QED) is 0.426. The summed E-state index contributed by atoms with van der Waals surface area (Å²) >= 11 is 7.39. The lowest BCUT2D eigenvalue weighted by Crippen LogP contribution is -1.99. The van der Waals surface area contributed by atoms with Gasteiger partial charge in [0.25, 0.3) is 0 Å². The lowest BCUT2D eigenvalue weighted by atomic mass is 10.3. The van der Waals surface area contributed by atoms with Gasteiger partial charge in [0.05, 0.1) is 5.03 Å². The van der Waals surface area contributed by atoms with Crippen LogP contribution in [0.15, 0.2) is 23.6 Å². The Kier molecular flexibility index (Phi) is 4.40. The van der Waals surface area contributed by atoms with Crippen molar-refractivity contribution in [2.24, 2.45) is 5.92 Å². The van der Waals surface area contributed by atoms with Gasteiger partial charge in [-0.2, -0.15) is 0 Å². The summed E-state index contributed by atoms with van der Waals surface area (Å²) in [5.41, 5.74) is 0.